The monoisotopic (exact) mass is 342 g/mol. The lowest BCUT2D eigenvalue weighted by molar-refractivity contribution is -0.120. The fourth-order valence-electron chi connectivity index (χ4n) is 2.33. The van der Waals surface area contributed by atoms with Crippen molar-refractivity contribution in [1.29, 1.82) is 0 Å². The molecule has 0 saturated carbocycles. The fraction of sp³-hybridized carbons (Fsp3) is 0.350. The van der Waals surface area contributed by atoms with Crippen molar-refractivity contribution >= 4 is 11.6 Å². The second-order valence-electron chi connectivity index (χ2n) is 5.62. The van der Waals surface area contributed by atoms with E-state index in [4.69, 9.17) is 9.47 Å². The average Bonchev–Trinajstić information content (AvgIpc) is 2.65. The Kier molecular flexibility index (Phi) is 7.79. The van der Waals surface area contributed by atoms with E-state index in [0.29, 0.717) is 19.8 Å². The molecule has 5 heteroatoms. The van der Waals surface area contributed by atoms with Crippen LogP contribution in [0.2, 0.25) is 0 Å². The van der Waals surface area contributed by atoms with E-state index in [1.165, 1.54) is 0 Å². The minimum absolute atomic E-state index is 0.0170. The van der Waals surface area contributed by atoms with Crippen molar-refractivity contribution < 1.29 is 14.3 Å². The number of hydrogen-bond acceptors (Lipinski definition) is 4. The van der Waals surface area contributed by atoms with Gasteiger partial charge in [-0.15, -0.1) is 0 Å². The van der Waals surface area contributed by atoms with Crippen molar-refractivity contribution in [2.45, 2.75) is 19.9 Å². The van der Waals surface area contributed by atoms with Crippen molar-refractivity contribution in [1.82, 2.24) is 5.32 Å². The third kappa shape index (κ3) is 6.85. The van der Waals surface area contributed by atoms with Gasteiger partial charge in [-0.25, -0.2) is 0 Å². The molecular formula is C20H26N2O3. The second kappa shape index (κ2) is 10.4. The zero-order valence-electron chi connectivity index (χ0n) is 14.8. The fourth-order valence-corrected chi connectivity index (χ4v) is 2.33. The minimum atomic E-state index is -0.0478. The molecule has 1 unspecified atom stereocenters. The molecule has 0 aliphatic carbocycles. The number of benzene rings is 2. The minimum Gasteiger partial charge on any atom is -0.491 e. The molecule has 25 heavy (non-hydrogen) atoms. The molecule has 1 amide bonds. The number of carbonyl (C=O) groups is 1. The van der Waals surface area contributed by atoms with Gasteiger partial charge in [-0.2, -0.15) is 0 Å². The van der Waals surface area contributed by atoms with Crippen molar-refractivity contribution in [3.05, 3.63) is 60.2 Å². The number of nitrogens with one attached hydrogen (secondary N) is 2. The topological polar surface area (TPSA) is 59.6 Å². The van der Waals surface area contributed by atoms with E-state index in [9.17, 15) is 4.79 Å². The maximum absolute atomic E-state index is 12.1. The molecule has 1 atom stereocenters. The second-order valence-corrected chi connectivity index (χ2v) is 5.62. The summed E-state index contributed by atoms with van der Waals surface area (Å²) in [5.41, 5.74) is 1.96. The van der Waals surface area contributed by atoms with Crippen LogP contribution in [0, 0.1) is 0 Å². The van der Waals surface area contributed by atoms with Gasteiger partial charge in [0.25, 0.3) is 0 Å². The summed E-state index contributed by atoms with van der Waals surface area (Å²) in [6.07, 6.45) is 0. The van der Waals surface area contributed by atoms with E-state index in [2.05, 4.69) is 10.6 Å². The average molecular weight is 342 g/mol. The lowest BCUT2D eigenvalue weighted by Gasteiger charge is -2.15. The Hall–Kier alpha value is -2.53. The lowest BCUT2D eigenvalue weighted by Crippen LogP contribution is -2.32. The van der Waals surface area contributed by atoms with Crippen molar-refractivity contribution in [3.8, 4) is 5.75 Å². The summed E-state index contributed by atoms with van der Waals surface area (Å²) in [5, 5.41) is 6.09. The van der Waals surface area contributed by atoms with Gasteiger partial charge in [-0.3, -0.25) is 4.79 Å². The van der Waals surface area contributed by atoms with E-state index >= 15 is 0 Å². The number of rotatable bonds is 10. The van der Waals surface area contributed by atoms with Crippen LogP contribution in [0.15, 0.2) is 54.6 Å². The molecule has 0 aliphatic rings. The molecule has 2 N–H and O–H groups in total. The standard InChI is InChI=1S/C20H26N2O3/c1-3-24-13-14-25-19-11-9-18(10-12-19)21-15-20(23)22-16(2)17-7-5-4-6-8-17/h4-12,16,21H,3,13-15H2,1-2H3,(H,22,23). The highest BCUT2D eigenvalue weighted by molar-refractivity contribution is 5.81. The first-order valence-electron chi connectivity index (χ1n) is 8.58. The van der Waals surface area contributed by atoms with Gasteiger partial charge in [-0.05, 0) is 43.7 Å². The summed E-state index contributed by atoms with van der Waals surface area (Å²) >= 11 is 0. The molecule has 0 bridgehead atoms. The van der Waals surface area contributed by atoms with Crippen LogP contribution in [0.1, 0.15) is 25.5 Å². The predicted molar refractivity (Wildman–Crippen MR) is 99.9 cm³/mol. The molecule has 5 nitrogen and oxygen atoms in total. The number of hydrogen-bond donors (Lipinski definition) is 2. The largest absolute Gasteiger partial charge is 0.491 e. The summed E-state index contributed by atoms with van der Waals surface area (Å²) in [6.45, 7) is 5.95. The predicted octanol–water partition coefficient (Wildman–Crippen LogP) is 3.39. The van der Waals surface area contributed by atoms with Gasteiger partial charge in [0.1, 0.15) is 12.4 Å². The van der Waals surface area contributed by atoms with E-state index in [1.54, 1.807) is 0 Å². The van der Waals surface area contributed by atoms with Crippen LogP contribution in [0.4, 0.5) is 5.69 Å². The molecule has 0 aliphatic heterocycles. The van der Waals surface area contributed by atoms with Crippen LogP contribution in [0.3, 0.4) is 0 Å². The van der Waals surface area contributed by atoms with E-state index < -0.39 is 0 Å². The molecule has 134 valence electrons. The summed E-state index contributed by atoms with van der Waals surface area (Å²) in [7, 11) is 0. The van der Waals surface area contributed by atoms with Crippen LogP contribution in [-0.4, -0.2) is 32.3 Å². The van der Waals surface area contributed by atoms with Gasteiger partial charge >= 0.3 is 0 Å². The summed E-state index contributed by atoms with van der Waals surface area (Å²) < 4.78 is 10.8. The van der Waals surface area contributed by atoms with E-state index in [-0.39, 0.29) is 18.5 Å². The third-order valence-electron chi connectivity index (χ3n) is 3.68. The van der Waals surface area contributed by atoms with E-state index in [0.717, 1.165) is 17.0 Å². The summed E-state index contributed by atoms with van der Waals surface area (Å²) in [4.78, 5) is 12.1. The first-order valence-corrected chi connectivity index (χ1v) is 8.58. The molecule has 2 rings (SSSR count). The highest BCUT2D eigenvalue weighted by atomic mass is 16.5. The molecule has 0 heterocycles. The maximum atomic E-state index is 12.1. The molecule has 2 aromatic carbocycles. The van der Waals surface area contributed by atoms with Crippen LogP contribution < -0.4 is 15.4 Å². The summed E-state index contributed by atoms with van der Waals surface area (Å²) in [5.74, 6) is 0.737. The first-order chi connectivity index (χ1) is 12.2. The molecule has 0 radical (unpaired) electrons. The van der Waals surface area contributed by atoms with Gasteiger partial charge in [0.2, 0.25) is 5.91 Å². The van der Waals surface area contributed by atoms with Crippen LogP contribution in [0.25, 0.3) is 0 Å². The number of ether oxygens (including phenoxy) is 2. The lowest BCUT2D eigenvalue weighted by atomic mass is 10.1. The SMILES string of the molecule is CCOCCOc1ccc(NCC(=O)NC(C)c2ccccc2)cc1. The first kappa shape index (κ1) is 18.8. The Bertz CT molecular complexity index is 629. The highest BCUT2D eigenvalue weighted by Crippen LogP contribution is 2.15. The van der Waals surface area contributed by atoms with E-state index in [1.807, 2.05) is 68.4 Å². The van der Waals surface area contributed by atoms with Crippen molar-refractivity contribution in [2.24, 2.45) is 0 Å². The Morgan fingerprint density at radius 3 is 2.44 bits per heavy atom. The van der Waals surface area contributed by atoms with Gasteiger partial charge in [0.15, 0.2) is 0 Å². The van der Waals surface area contributed by atoms with Gasteiger partial charge in [0, 0.05) is 12.3 Å². The van der Waals surface area contributed by atoms with Crippen molar-refractivity contribution in [2.75, 3.05) is 31.7 Å². The zero-order chi connectivity index (χ0) is 17.9. The number of carbonyl (C=O) groups excluding carboxylic acids is 1. The smallest absolute Gasteiger partial charge is 0.239 e. The Morgan fingerprint density at radius 1 is 1.04 bits per heavy atom. The number of amides is 1. The molecule has 2 aromatic rings. The molecule has 0 aromatic heterocycles. The third-order valence-corrected chi connectivity index (χ3v) is 3.68. The van der Waals surface area contributed by atoms with Crippen LogP contribution in [-0.2, 0) is 9.53 Å². The van der Waals surface area contributed by atoms with Gasteiger partial charge < -0.3 is 20.1 Å². The normalized spacial score (nSPS) is 11.6. The molecule has 0 spiro atoms. The number of anilines is 1. The van der Waals surface area contributed by atoms with Crippen molar-refractivity contribution in [3.63, 3.8) is 0 Å². The zero-order valence-corrected chi connectivity index (χ0v) is 14.8. The van der Waals surface area contributed by atoms with Crippen LogP contribution in [0.5, 0.6) is 5.75 Å². The van der Waals surface area contributed by atoms with Crippen LogP contribution >= 0.6 is 0 Å². The summed E-state index contributed by atoms with van der Waals surface area (Å²) in [6, 6.07) is 17.4. The Labute approximate surface area is 149 Å². The molecular weight excluding hydrogens is 316 g/mol. The highest BCUT2D eigenvalue weighted by Gasteiger charge is 2.08. The van der Waals surface area contributed by atoms with Gasteiger partial charge in [-0.1, -0.05) is 30.3 Å². The molecule has 0 saturated heterocycles. The van der Waals surface area contributed by atoms with Gasteiger partial charge in [0.05, 0.1) is 19.2 Å². The molecule has 0 fully saturated rings. The Balaban J connectivity index is 1.72. The quantitative estimate of drug-likeness (QED) is 0.650. The maximum Gasteiger partial charge on any atom is 0.239 e. The Morgan fingerprint density at radius 2 is 1.76 bits per heavy atom.